The van der Waals surface area contributed by atoms with Crippen molar-refractivity contribution in [2.24, 2.45) is 0 Å². The Balaban J connectivity index is 2.38. The molecule has 1 aromatic rings. The average molecular weight is 209 g/mol. The van der Waals surface area contributed by atoms with Gasteiger partial charge in [0, 0.05) is 17.7 Å². The molecule has 1 aromatic carbocycles. The fourth-order valence-electron chi connectivity index (χ4n) is 1.97. The van der Waals surface area contributed by atoms with Crippen LogP contribution in [-0.2, 0) is 0 Å². The molecule has 80 valence electrons. The molecule has 0 amide bonds. The van der Waals surface area contributed by atoms with Crippen molar-refractivity contribution in [1.29, 1.82) is 0 Å². The second kappa shape index (κ2) is 4.01. The molecule has 3 heteroatoms. The average Bonchev–Trinajstić information content (AvgIpc) is 2.25. The van der Waals surface area contributed by atoms with Gasteiger partial charge in [0.15, 0.2) is 11.6 Å². The Hall–Kier alpha value is -1.38. The van der Waals surface area contributed by atoms with Crippen LogP contribution in [0.25, 0.3) is 0 Å². The number of anilines is 1. The van der Waals surface area contributed by atoms with Crippen LogP contribution in [0.5, 0.6) is 0 Å². The highest BCUT2D eigenvalue weighted by Crippen LogP contribution is 2.32. The Kier molecular flexibility index (Phi) is 2.71. The maximum atomic E-state index is 13.1. The molecule has 0 bridgehead atoms. The summed E-state index contributed by atoms with van der Waals surface area (Å²) in [5, 5.41) is 0. The molecule has 0 saturated carbocycles. The lowest BCUT2D eigenvalue weighted by molar-refractivity contribution is 0.506. The minimum Gasteiger partial charge on any atom is -0.398 e. The molecule has 0 aromatic heterocycles. The van der Waals surface area contributed by atoms with Gasteiger partial charge in [-0.2, -0.15) is 0 Å². The number of rotatable bonds is 1. The molecule has 1 unspecified atom stereocenters. The van der Waals surface area contributed by atoms with Crippen molar-refractivity contribution >= 4 is 5.69 Å². The lowest BCUT2D eigenvalue weighted by Crippen LogP contribution is -2.05. The van der Waals surface area contributed by atoms with Crippen molar-refractivity contribution in [2.45, 2.75) is 25.2 Å². The van der Waals surface area contributed by atoms with Crippen molar-refractivity contribution in [3.8, 4) is 0 Å². The molecule has 1 aliphatic carbocycles. The number of hydrogen-bond acceptors (Lipinski definition) is 1. The smallest absolute Gasteiger partial charge is 0.160 e. The van der Waals surface area contributed by atoms with Gasteiger partial charge >= 0.3 is 0 Å². The van der Waals surface area contributed by atoms with E-state index in [0.29, 0.717) is 11.3 Å². The van der Waals surface area contributed by atoms with Gasteiger partial charge in [-0.1, -0.05) is 12.2 Å². The third-order valence-electron chi connectivity index (χ3n) is 2.78. The second-order valence-electron chi connectivity index (χ2n) is 3.86. The predicted molar refractivity (Wildman–Crippen MR) is 56.5 cm³/mol. The molecule has 2 rings (SSSR count). The van der Waals surface area contributed by atoms with Crippen LogP contribution >= 0.6 is 0 Å². The third-order valence-corrected chi connectivity index (χ3v) is 2.78. The largest absolute Gasteiger partial charge is 0.398 e. The van der Waals surface area contributed by atoms with Gasteiger partial charge < -0.3 is 5.73 Å². The van der Waals surface area contributed by atoms with Crippen molar-refractivity contribution in [1.82, 2.24) is 0 Å². The highest BCUT2D eigenvalue weighted by molar-refractivity contribution is 5.50. The lowest BCUT2D eigenvalue weighted by atomic mass is 9.88. The fourth-order valence-corrected chi connectivity index (χ4v) is 1.97. The van der Waals surface area contributed by atoms with E-state index in [9.17, 15) is 8.78 Å². The summed E-state index contributed by atoms with van der Waals surface area (Å²) < 4.78 is 25.9. The van der Waals surface area contributed by atoms with Gasteiger partial charge in [-0.15, -0.1) is 0 Å². The molecule has 0 heterocycles. The van der Waals surface area contributed by atoms with E-state index in [2.05, 4.69) is 6.08 Å². The Morgan fingerprint density at radius 1 is 1.20 bits per heavy atom. The van der Waals surface area contributed by atoms with Crippen molar-refractivity contribution in [2.75, 3.05) is 5.73 Å². The van der Waals surface area contributed by atoms with Crippen LogP contribution in [0.3, 0.4) is 0 Å². The van der Waals surface area contributed by atoms with E-state index < -0.39 is 11.6 Å². The van der Waals surface area contributed by atoms with Crippen LogP contribution in [-0.4, -0.2) is 0 Å². The van der Waals surface area contributed by atoms with Gasteiger partial charge in [-0.05, 0) is 30.9 Å². The fraction of sp³-hybridized carbons (Fsp3) is 0.333. The maximum Gasteiger partial charge on any atom is 0.160 e. The molecule has 1 atom stereocenters. The number of halogens is 2. The zero-order chi connectivity index (χ0) is 10.8. The van der Waals surface area contributed by atoms with Gasteiger partial charge in [-0.25, -0.2) is 8.78 Å². The number of nitrogen functional groups attached to an aromatic ring is 1. The summed E-state index contributed by atoms with van der Waals surface area (Å²) in [7, 11) is 0. The van der Waals surface area contributed by atoms with E-state index in [-0.39, 0.29) is 5.92 Å². The normalized spacial score (nSPS) is 20.5. The predicted octanol–water partition coefficient (Wildman–Crippen LogP) is 3.37. The van der Waals surface area contributed by atoms with E-state index in [1.54, 1.807) is 0 Å². The van der Waals surface area contributed by atoms with E-state index in [0.717, 1.165) is 25.3 Å². The minimum atomic E-state index is -0.879. The third kappa shape index (κ3) is 2.01. The number of hydrogen-bond donors (Lipinski definition) is 1. The molecule has 2 N–H and O–H groups in total. The number of nitrogens with two attached hydrogens (primary N) is 1. The van der Waals surface area contributed by atoms with E-state index in [1.165, 1.54) is 6.07 Å². The van der Waals surface area contributed by atoms with Gasteiger partial charge in [0.05, 0.1) is 0 Å². The molecule has 0 spiro atoms. The summed E-state index contributed by atoms with van der Waals surface area (Å²) in [6, 6.07) is 2.28. The van der Waals surface area contributed by atoms with Crippen LogP contribution in [0.1, 0.15) is 30.7 Å². The molecule has 0 radical (unpaired) electrons. The number of allylic oxidation sites excluding steroid dienone is 2. The Morgan fingerprint density at radius 2 is 1.93 bits per heavy atom. The molecule has 15 heavy (non-hydrogen) atoms. The highest BCUT2D eigenvalue weighted by atomic mass is 19.2. The first-order chi connectivity index (χ1) is 7.18. The Bertz CT molecular complexity index is 399. The molecular formula is C12H13F2N. The van der Waals surface area contributed by atoms with E-state index in [4.69, 9.17) is 5.73 Å². The summed E-state index contributed by atoms with van der Waals surface area (Å²) in [6.07, 6.45) is 7.16. The zero-order valence-electron chi connectivity index (χ0n) is 8.34. The van der Waals surface area contributed by atoms with E-state index >= 15 is 0 Å². The minimum absolute atomic E-state index is 0.133. The lowest BCUT2D eigenvalue weighted by Gasteiger charge is -2.18. The van der Waals surface area contributed by atoms with Crippen LogP contribution in [0, 0.1) is 11.6 Å². The van der Waals surface area contributed by atoms with Gasteiger partial charge in [-0.3, -0.25) is 0 Å². The molecule has 0 fully saturated rings. The Morgan fingerprint density at radius 3 is 2.60 bits per heavy atom. The second-order valence-corrected chi connectivity index (χ2v) is 3.86. The van der Waals surface area contributed by atoms with Crippen molar-refractivity contribution < 1.29 is 8.78 Å². The first-order valence-electron chi connectivity index (χ1n) is 5.09. The first kappa shape index (κ1) is 10.1. The zero-order valence-corrected chi connectivity index (χ0v) is 8.34. The number of benzene rings is 1. The molecule has 0 aliphatic heterocycles. The molecule has 0 saturated heterocycles. The maximum absolute atomic E-state index is 13.1. The summed E-state index contributed by atoms with van der Waals surface area (Å²) in [4.78, 5) is 0. The van der Waals surface area contributed by atoms with Gasteiger partial charge in [0.25, 0.3) is 0 Å². The summed E-state index contributed by atoms with van der Waals surface area (Å²) >= 11 is 0. The van der Waals surface area contributed by atoms with Crippen molar-refractivity contribution in [3.63, 3.8) is 0 Å². The molecule has 1 nitrogen and oxygen atoms in total. The summed E-state index contributed by atoms with van der Waals surface area (Å²) in [5.41, 5.74) is 6.72. The quantitative estimate of drug-likeness (QED) is 0.557. The topological polar surface area (TPSA) is 26.0 Å². The van der Waals surface area contributed by atoms with Crippen LogP contribution in [0.2, 0.25) is 0 Å². The summed E-state index contributed by atoms with van der Waals surface area (Å²) in [5.74, 6) is -1.57. The first-order valence-corrected chi connectivity index (χ1v) is 5.09. The van der Waals surface area contributed by atoms with Crippen molar-refractivity contribution in [3.05, 3.63) is 41.5 Å². The SMILES string of the molecule is Nc1cc(F)c(F)cc1C1C=CCCC1. The molecule has 1 aliphatic rings. The Labute approximate surface area is 87.6 Å². The monoisotopic (exact) mass is 209 g/mol. The molecular weight excluding hydrogens is 196 g/mol. The van der Waals surface area contributed by atoms with Gasteiger partial charge in [0.1, 0.15) is 0 Å². The van der Waals surface area contributed by atoms with Crippen LogP contribution < -0.4 is 5.73 Å². The van der Waals surface area contributed by atoms with E-state index in [1.807, 2.05) is 6.08 Å². The summed E-state index contributed by atoms with van der Waals surface area (Å²) in [6.45, 7) is 0. The van der Waals surface area contributed by atoms with Gasteiger partial charge in [0.2, 0.25) is 0 Å². The van der Waals surface area contributed by atoms with Crippen LogP contribution in [0.15, 0.2) is 24.3 Å². The standard InChI is InChI=1S/C12H13F2N/c13-10-6-9(12(15)7-11(10)14)8-4-2-1-3-5-8/h2,4,6-8H,1,3,5,15H2. The van der Waals surface area contributed by atoms with Crippen LogP contribution in [0.4, 0.5) is 14.5 Å². The highest BCUT2D eigenvalue weighted by Gasteiger charge is 2.16.